The monoisotopic (exact) mass is 368 g/mol. The van der Waals surface area contributed by atoms with Gasteiger partial charge in [0.1, 0.15) is 0 Å². The van der Waals surface area contributed by atoms with E-state index in [1.54, 1.807) is 35.2 Å². The van der Waals surface area contributed by atoms with Crippen molar-refractivity contribution in [1.82, 2.24) is 4.90 Å². The van der Waals surface area contributed by atoms with Crippen LogP contribution in [0.2, 0.25) is 5.02 Å². The number of rotatable bonds is 4. The fourth-order valence-electron chi connectivity index (χ4n) is 2.98. The molecule has 2 aromatic rings. The molecule has 0 unspecified atom stereocenters. The summed E-state index contributed by atoms with van der Waals surface area (Å²) in [4.78, 5) is 26.5. The maximum absolute atomic E-state index is 12.4. The molecular formula is C21H21ClN2O2. The van der Waals surface area contributed by atoms with Crippen LogP contribution in [0.1, 0.15) is 18.4 Å². The lowest BCUT2D eigenvalue weighted by Crippen LogP contribution is -2.40. The largest absolute Gasteiger partial charge is 0.339 e. The van der Waals surface area contributed by atoms with Crippen LogP contribution in [0.15, 0.2) is 60.7 Å². The Bertz CT molecular complexity index is 779. The van der Waals surface area contributed by atoms with Gasteiger partial charge in [0.15, 0.2) is 0 Å². The number of halogens is 1. The molecule has 26 heavy (non-hydrogen) atoms. The van der Waals surface area contributed by atoms with Gasteiger partial charge in [-0.3, -0.25) is 9.59 Å². The zero-order chi connectivity index (χ0) is 18.4. The van der Waals surface area contributed by atoms with E-state index in [0.717, 1.165) is 11.3 Å². The van der Waals surface area contributed by atoms with Crippen molar-refractivity contribution >= 4 is 35.2 Å². The molecule has 0 aromatic heterocycles. The third-order valence-corrected chi connectivity index (χ3v) is 4.76. The molecule has 0 bridgehead atoms. The molecule has 2 amide bonds. The average molecular weight is 369 g/mol. The predicted molar refractivity (Wildman–Crippen MR) is 105 cm³/mol. The first kappa shape index (κ1) is 18.2. The number of hydrogen-bond donors (Lipinski definition) is 1. The highest BCUT2D eigenvalue weighted by molar-refractivity contribution is 6.30. The van der Waals surface area contributed by atoms with Crippen LogP contribution >= 0.6 is 11.6 Å². The second-order valence-corrected chi connectivity index (χ2v) is 6.78. The first-order valence-electron chi connectivity index (χ1n) is 8.70. The van der Waals surface area contributed by atoms with Crippen molar-refractivity contribution in [3.8, 4) is 0 Å². The normalized spacial score (nSPS) is 15.2. The van der Waals surface area contributed by atoms with Crippen molar-refractivity contribution in [2.75, 3.05) is 18.4 Å². The van der Waals surface area contributed by atoms with Crippen LogP contribution < -0.4 is 5.32 Å². The van der Waals surface area contributed by atoms with Crippen LogP contribution in [0.4, 0.5) is 5.69 Å². The van der Waals surface area contributed by atoms with Gasteiger partial charge in [-0.25, -0.2) is 0 Å². The number of likely N-dealkylation sites (tertiary alicyclic amines) is 1. The van der Waals surface area contributed by atoms with Gasteiger partial charge in [0.2, 0.25) is 11.8 Å². The molecule has 1 aliphatic rings. The molecule has 5 heteroatoms. The number of anilines is 1. The third-order valence-electron chi connectivity index (χ3n) is 4.51. The number of amides is 2. The summed E-state index contributed by atoms with van der Waals surface area (Å²) in [6, 6.07) is 16.8. The molecule has 0 aliphatic carbocycles. The number of carbonyl (C=O) groups excluding carboxylic acids is 2. The fraction of sp³-hybridized carbons (Fsp3) is 0.238. The molecule has 4 nitrogen and oxygen atoms in total. The summed E-state index contributed by atoms with van der Waals surface area (Å²) in [7, 11) is 0. The maximum atomic E-state index is 12.4. The Hall–Kier alpha value is -2.59. The Morgan fingerprint density at radius 3 is 2.31 bits per heavy atom. The number of nitrogens with one attached hydrogen (secondary N) is 1. The molecule has 1 saturated heterocycles. The molecule has 1 heterocycles. The Labute approximate surface area is 158 Å². The second kappa shape index (κ2) is 8.68. The summed E-state index contributed by atoms with van der Waals surface area (Å²) >= 11 is 5.85. The lowest BCUT2D eigenvalue weighted by atomic mass is 9.95. The van der Waals surface area contributed by atoms with Crippen LogP contribution in [0, 0.1) is 5.92 Å². The minimum atomic E-state index is -0.0761. The molecular weight excluding hydrogens is 348 g/mol. The van der Waals surface area contributed by atoms with Crippen molar-refractivity contribution in [3.05, 3.63) is 71.3 Å². The van der Waals surface area contributed by atoms with Crippen LogP contribution in [0.25, 0.3) is 6.08 Å². The van der Waals surface area contributed by atoms with E-state index in [4.69, 9.17) is 11.6 Å². The Balaban J connectivity index is 1.49. The van der Waals surface area contributed by atoms with E-state index < -0.39 is 0 Å². The summed E-state index contributed by atoms with van der Waals surface area (Å²) in [5.41, 5.74) is 1.74. The number of nitrogens with zero attached hydrogens (tertiary/aromatic N) is 1. The minimum absolute atomic E-state index is 0.000695. The quantitative estimate of drug-likeness (QED) is 0.821. The van der Waals surface area contributed by atoms with Gasteiger partial charge < -0.3 is 10.2 Å². The Morgan fingerprint density at radius 2 is 1.65 bits per heavy atom. The average Bonchev–Trinajstić information content (AvgIpc) is 2.69. The highest BCUT2D eigenvalue weighted by Gasteiger charge is 2.26. The molecule has 2 aromatic carbocycles. The smallest absolute Gasteiger partial charge is 0.246 e. The fourth-order valence-corrected chi connectivity index (χ4v) is 3.10. The minimum Gasteiger partial charge on any atom is -0.339 e. The molecule has 134 valence electrons. The van der Waals surface area contributed by atoms with E-state index in [0.29, 0.717) is 31.0 Å². The van der Waals surface area contributed by atoms with E-state index in [2.05, 4.69) is 5.32 Å². The van der Waals surface area contributed by atoms with Crippen LogP contribution in [0.3, 0.4) is 0 Å². The molecule has 0 spiro atoms. The first-order valence-corrected chi connectivity index (χ1v) is 9.08. The molecule has 0 saturated carbocycles. The SMILES string of the molecule is O=C(Nc1ccc(Cl)cc1)C1CCN(C(=O)/C=C/c2ccccc2)CC1. The van der Waals surface area contributed by atoms with Crippen LogP contribution in [-0.4, -0.2) is 29.8 Å². The summed E-state index contributed by atoms with van der Waals surface area (Å²) < 4.78 is 0. The standard InChI is InChI=1S/C21H21ClN2O2/c22-18-7-9-19(10-8-18)23-21(26)17-12-14-24(15-13-17)20(25)11-6-16-4-2-1-3-5-16/h1-11,17H,12-15H2,(H,23,26)/b11-6+. The van der Waals surface area contributed by atoms with E-state index in [1.165, 1.54) is 0 Å². The second-order valence-electron chi connectivity index (χ2n) is 6.34. The van der Waals surface area contributed by atoms with E-state index in [9.17, 15) is 9.59 Å². The number of carbonyl (C=O) groups is 2. The van der Waals surface area contributed by atoms with Gasteiger partial charge in [0.25, 0.3) is 0 Å². The van der Waals surface area contributed by atoms with Crippen molar-refractivity contribution in [3.63, 3.8) is 0 Å². The number of piperidine rings is 1. The van der Waals surface area contributed by atoms with Gasteiger partial charge in [0, 0.05) is 35.8 Å². The lowest BCUT2D eigenvalue weighted by Gasteiger charge is -2.30. The summed E-state index contributed by atoms with van der Waals surface area (Å²) in [5, 5.41) is 3.55. The van der Waals surface area contributed by atoms with Gasteiger partial charge in [-0.1, -0.05) is 41.9 Å². The third kappa shape index (κ3) is 4.96. The van der Waals surface area contributed by atoms with Crippen molar-refractivity contribution in [1.29, 1.82) is 0 Å². The maximum Gasteiger partial charge on any atom is 0.246 e. The van der Waals surface area contributed by atoms with Crippen LogP contribution in [0.5, 0.6) is 0 Å². The number of benzene rings is 2. The molecule has 1 N–H and O–H groups in total. The van der Waals surface area contributed by atoms with Gasteiger partial charge in [-0.15, -0.1) is 0 Å². The molecule has 3 rings (SSSR count). The van der Waals surface area contributed by atoms with Gasteiger partial charge in [-0.2, -0.15) is 0 Å². The van der Waals surface area contributed by atoms with Crippen molar-refractivity contribution in [2.45, 2.75) is 12.8 Å². The molecule has 1 aliphatic heterocycles. The Kier molecular flexibility index (Phi) is 6.08. The van der Waals surface area contributed by atoms with E-state index >= 15 is 0 Å². The van der Waals surface area contributed by atoms with Crippen LogP contribution in [-0.2, 0) is 9.59 Å². The lowest BCUT2D eigenvalue weighted by molar-refractivity contribution is -0.130. The first-order chi connectivity index (χ1) is 12.6. The zero-order valence-corrected chi connectivity index (χ0v) is 15.2. The summed E-state index contributed by atoms with van der Waals surface area (Å²) in [6.45, 7) is 1.19. The molecule has 0 atom stereocenters. The Morgan fingerprint density at radius 1 is 1.00 bits per heavy atom. The van der Waals surface area contributed by atoms with Gasteiger partial charge >= 0.3 is 0 Å². The molecule has 0 radical (unpaired) electrons. The zero-order valence-electron chi connectivity index (χ0n) is 14.4. The summed E-state index contributed by atoms with van der Waals surface area (Å²) in [5.74, 6) is -0.0857. The van der Waals surface area contributed by atoms with Crippen molar-refractivity contribution < 1.29 is 9.59 Å². The van der Waals surface area contributed by atoms with E-state index in [-0.39, 0.29) is 17.7 Å². The molecule has 1 fully saturated rings. The van der Waals surface area contributed by atoms with Crippen molar-refractivity contribution in [2.24, 2.45) is 5.92 Å². The van der Waals surface area contributed by atoms with Gasteiger partial charge in [0.05, 0.1) is 0 Å². The van der Waals surface area contributed by atoms with E-state index in [1.807, 2.05) is 36.4 Å². The topological polar surface area (TPSA) is 49.4 Å². The highest BCUT2D eigenvalue weighted by atomic mass is 35.5. The highest BCUT2D eigenvalue weighted by Crippen LogP contribution is 2.21. The van der Waals surface area contributed by atoms with Gasteiger partial charge in [-0.05, 0) is 48.7 Å². The summed E-state index contributed by atoms with van der Waals surface area (Å²) in [6.07, 6.45) is 4.76. The number of hydrogen-bond acceptors (Lipinski definition) is 2. The predicted octanol–water partition coefficient (Wildman–Crippen LogP) is 4.23.